The molecule has 8 nitrogen and oxygen atoms in total. The third kappa shape index (κ3) is 5.24. The number of anilines is 2. The van der Waals surface area contributed by atoms with Crippen LogP contribution in [0.1, 0.15) is 27.6 Å². The van der Waals surface area contributed by atoms with Crippen LogP contribution in [0.5, 0.6) is 0 Å². The second-order valence-electron chi connectivity index (χ2n) is 6.45. The van der Waals surface area contributed by atoms with Gasteiger partial charge in [-0.3, -0.25) is 14.9 Å². The summed E-state index contributed by atoms with van der Waals surface area (Å²) in [5.74, 6) is -0.913. The second kappa shape index (κ2) is 9.91. The lowest BCUT2D eigenvalue weighted by molar-refractivity contribution is 0.0926. The van der Waals surface area contributed by atoms with Crippen molar-refractivity contribution in [3.05, 3.63) is 59.7 Å². The van der Waals surface area contributed by atoms with E-state index in [2.05, 4.69) is 16.0 Å². The van der Waals surface area contributed by atoms with Gasteiger partial charge in [-0.2, -0.15) is 0 Å². The van der Waals surface area contributed by atoms with Crippen LogP contribution in [0.15, 0.2) is 48.5 Å². The Morgan fingerprint density at radius 3 is 2.16 bits per heavy atom. The van der Waals surface area contributed by atoms with E-state index in [0.29, 0.717) is 16.8 Å². The zero-order valence-electron chi connectivity index (χ0n) is 16.5. The zero-order valence-corrected chi connectivity index (χ0v) is 19.6. The molecule has 3 rings (SSSR count). The first kappa shape index (κ1) is 24.1. The number of carbonyl (C=O) groups excluding carboxylic acids is 3. The second-order valence-corrected chi connectivity index (χ2v) is 9.22. The Morgan fingerprint density at radius 1 is 1.03 bits per heavy atom. The molecule has 12 heteroatoms. The number of ether oxygens (including phenoxy) is 1. The molecule has 0 aromatic heterocycles. The number of hydrogen-bond donors (Lipinski definition) is 3. The molecule has 168 valence electrons. The molecule has 1 aliphatic heterocycles. The van der Waals surface area contributed by atoms with Gasteiger partial charge in [-0.15, -0.1) is 0 Å². The van der Waals surface area contributed by atoms with Crippen LogP contribution in [0, 0.1) is 0 Å². The molecule has 1 atom stereocenters. The Kier molecular flexibility index (Phi) is 7.45. The molecule has 0 fully saturated rings. The van der Waals surface area contributed by atoms with Gasteiger partial charge in [0.2, 0.25) is 3.79 Å². The van der Waals surface area contributed by atoms with Gasteiger partial charge in [-0.1, -0.05) is 59.1 Å². The normalized spacial score (nSPS) is 13.9. The van der Waals surface area contributed by atoms with Crippen LogP contribution in [-0.4, -0.2) is 39.6 Å². The van der Waals surface area contributed by atoms with Crippen LogP contribution in [-0.2, 0) is 4.74 Å². The molecule has 2 aromatic carbocycles. The van der Waals surface area contributed by atoms with Gasteiger partial charge in [0, 0.05) is 0 Å². The van der Waals surface area contributed by atoms with Crippen LogP contribution in [0.2, 0.25) is 0 Å². The predicted octanol–water partition coefficient (Wildman–Crippen LogP) is 4.22. The third-order valence-electron chi connectivity index (χ3n) is 4.33. The van der Waals surface area contributed by atoms with Crippen molar-refractivity contribution >= 4 is 81.4 Å². The van der Waals surface area contributed by atoms with Crippen molar-refractivity contribution in [3.63, 3.8) is 0 Å². The largest absolute Gasteiger partial charge is 0.450 e. The van der Waals surface area contributed by atoms with E-state index in [1.807, 2.05) is 0 Å². The Morgan fingerprint density at radius 2 is 1.59 bits per heavy atom. The summed E-state index contributed by atoms with van der Waals surface area (Å²) in [6.07, 6.45) is -2.05. The number of amides is 3. The van der Waals surface area contributed by atoms with Crippen molar-refractivity contribution in [2.45, 2.75) is 16.9 Å². The average molecular weight is 516 g/mol. The summed E-state index contributed by atoms with van der Waals surface area (Å²) < 4.78 is 2.83. The molecule has 0 radical (unpaired) electrons. The fraction of sp³-hybridized carbons (Fsp3) is 0.200. The smallest absolute Gasteiger partial charge is 0.408 e. The maximum absolute atomic E-state index is 12.9. The Balaban J connectivity index is 1.81. The molecule has 0 bridgehead atoms. The molecule has 1 heterocycles. The first-order valence-electron chi connectivity index (χ1n) is 9.27. The van der Waals surface area contributed by atoms with Crippen LogP contribution in [0.3, 0.4) is 0 Å². The van der Waals surface area contributed by atoms with Gasteiger partial charge >= 0.3 is 6.09 Å². The molecule has 32 heavy (non-hydrogen) atoms. The van der Waals surface area contributed by atoms with Gasteiger partial charge in [0.15, 0.2) is 11.3 Å². The number of alkyl carbamates (subject to hydrolysis) is 1. The third-order valence-corrected chi connectivity index (χ3v) is 5.20. The maximum atomic E-state index is 12.9. The fourth-order valence-corrected chi connectivity index (χ4v) is 3.52. The van der Waals surface area contributed by atoms with Gasteiger partial charge < -0.3 is 15.4 Å². The number of rotatable bonds is 5. The lowest BCUT2D eigenvalue weighted by Crippen LogP contribution is -2.56. The van der Waals surface area contributed by atoms with Crippen LogP contribution < -0.4 is 20.9 Å². The first-order chi connectivity index (χ1) is 15.1. The van der Waals surface area contributed by atoms with Gasteiger partial charge in [0.25, 0.3) is 11.8 Å². The molecule has 3 amide bonds. The predicted molar refractivity (Wildman–Crippen MR) is 128 cm³/mol. The molecule has 0 aliphatic carbocycles. The highest BCUT2D eigenvalue weighted by Gasteiger charge is 2.38. The molecular weight excluding hydrogens is 499 g/mol. The standard InChI is InChI=1S/C20H17Cl3N4O4S/c1-2-31-19(30)26-17(20(21,22)23)25-18(32)24-13-9-5-6-10-14(13)27-15(28)11-7-3-4-8-12(11)16(27)29/h3-10,17H,2H2,1H3,(H,26,30)(H2,24,25,32). The van der Waals surface area contributed by atoms with E-state index in [-0.39, 0.29) is 17.4 Å². The minimum absolute atomic E-state index is 0.0396. The fourth-order valence-electron chi connectivity index (χ4n) is 2.96. The number of imide groups is 1. The van der Waals surface area contributed by atoms with E-state index in [0.717, 1.165) is 4.90 Å². The molecule has 0 saturated carbocycles. The average Bonchev–Trinajstić information content (AvgIpc) is 2.98. The van der Waals surface area contributed by atoms with E-state index in [1.165, 1.54) is 0 Å². The van der Waals surface area contributed by atoms with E-state index < -0.39 is 27.9 Å². The minimum atomic E-state index is -1.97. The Labute approximate surface area is 204 Å². The summed E-state index contributed by atoms with van der Waals surface area (Å²) in [6, 6.07) is 13.1. The summed E-state index contributed by atoms with van der Waals surface area (Å²) in [7, 11) is 0. The van der Waals surface area contributed by atoms with E-state index in [1.54, 1.807) is 55.5 Å². The Bertz CT molecular complexity index is 1040. The van der Waals surface area contributed by atoms with Gasteiger partial charge in [-0.05, 0) is 43.4 Å². The minimum Gasteiger partial charge on any atom is -0.450 e. The van der Waals surface area contributed by atoms with E-state index in [4.69, 9.17) is 51.8 Å². The number of nitrogens with one attached hydrogen (secondary N) is 3. The van der Waals surface area contributed by atoms with Crippen LogP contribution >= 0.6 is 47.0 Å². The molecular formula is C20H17Cl3N4O4S. The number of alkyl halides is 3. The number of para-hydroxylation sites is 2. The number of hydrogen-bond acceptors (Lipinski definition) is 5. The van der Waals surface area contributed by atoms with Crippen molar-refractivity contribution in [2.24, 2.45) is 0 Å². The van der Waals surface area contributed by atoms with Crippen LogP contribution in [0.25, 0.3) is 0 Å². The first-order valence-corrected chi connectivity index (χ1v) is 10.8. The monoisotopic (exact) mass is 514 g/mol. The molecule has 2 aromatic rings. The number of carbonyl (C=O) groups is 3. The highest BCUT2D eigenvalue weighted by Crippen LogP contribution is 2.34. The number of nitrogens with zero attached hydrogens (tertiary/aromatic N) is 1. The summed E-state index contributed by atoms with van der Waals surface area (Å²) in [5, 5.41) is 7.86. The maximum Gasteiger partial charge on any atom is 0.408 e. The number of benzene rings is 2. The molecule has 1 unspecified atom stereocenters. The summed E-state index contributed by atoms with van der Waals surface area (Å²) in [4.78, 5) is 38.5. The van der Waals surface area contributed by atoms with Gasteiger partial charge in [-0.25, -0.2) is 9.69 Å². The quantitative estimate of drug-likeness (QED) is 0.237. The van der Waals surface area contributed by atoms with E-state index >= 15 is 0 Å². The zero-order chi connectivity index (χ0) is 23.5. The van der Waals surface area contributed by atoms with Gasteiger partial charge in [0.1, 0.15) is 0 Å². The topological polar surface area (TPSA) is 99.8 Å². The Hall–Kier alpha value is -2.59. The van der Waals surface area contributed by atoms with Crippen LogP contribution in [0.4, 0.5) is 16.2 Å². The van der Waals surface area contributed by atoms with Crippen molar-refractivity contribution in [2.75, 3.05) is 16.8 Å². The summed E-state index contributed by atoms with van der Waals surface area (Å²) in [5.41, 5.74) is 1.25. The molecule has 1 aliphatic rings. The van der Waals surface area contributed by atoms with Gasteiger partial charge in [0.05, 0.1) is 29.1 Å². The lowest BCUT2D eigenvalue weighted by atomic mass is 10.1. The summed E-state index contributed by atoms with van der Waals surface area (Å²) in [6.45, 7) is 1.74. The van der Waals surface area contributed by atoms with Crippen molar-refractivity contribution < 1.29 is 19.1 Å². The summed E-state index contributed by atoms with van der Waals surface area (Å²) >= 11 is 23.1. The van der Waals surface area contributed by atoms with Crippen molar-refractivity contribution in [3.8, 4) is 0 Å². The number of halogens is 3. The highest BCUT2D eigenvalue weighted by atomic mass is 35.6. The molecule has 3 N–H and O–H groups in total. The lowest BCUT2D eigenvalue weighted by Gasteiger charge is -2.28. The molecule has 0 saturated heterocycles. The SMILES string of the molecule is CCOC(=O)NC(NC(=S)Nc1ccccc1N1C(=O)c2ccccc2C1=O)C(Cl)(Cl)Cl. The highest BCUT2D eigenvalue weighted by molar-refractivity contribution is 7.80. The number of thiocarbonyl (C=S) groups is 1. The molecule has 0 spiro atoms. The van der Waals surface area contributed by atoms with Crippen molar-refractivity contribution in [1.82, 2.24) is 10.6 Å². The van der Waals surface area contributed by atoms with E-state index in [9.17, 15) is 14.4 Å². The number of fused-ring (bicyclic) bond motifs is 1. The van der Waals surface area contributed by atoms with Crippen molar-refractivity contribution in [1.29, 1.82) is 0 Å².